The Labute approximate surface area is 190 Å². The number of halogens is 2. The Kier molecular flexibility index (Phi) is 7.05. The van der Waals surface area contributed by atoms with Crippen molar-refractivity contribution in [3.05, 3.63) is 66.0 Å². The van der Waals surface area contributed by atoms with Gasteiger partial charge in [0, 0.05) is 37.5 Å². The first-order chi connectivity index (χ1) is 15.5. The van der Waals surface area contributed by atoms with Crippen LogP contribution in [0.2, 0.25) is 0 Å². The van der Waals surface area contributed by atoms with E-state index in [1.165, 1.54) is 10.7 Å². The van der Waals surface area contributed by atoms with E-state index in [-0.39, 0.29) is 6.42 Å². The molecule has 33 heavy (non-hydrogen) atoms. The fourth-order valence-corrected chi connectivity index (χ4v) is 3.02. The molecule has 0 fully saturated rings. The Balaban J connectivity index is 1.81. The molecule has 0 spiro atoms. The number of aromatic nitrogens is 3. The van der Waals surface area contributed by atoms with E-state index in [1.807, 2.05) is 0 Å². The van der Waals surface area contributed by atoms with E-state index >= 15 is 0 Å². The summed E-state index contributed by atoms with van der Waals surface area (Å²) in [4.78, 5) is 29.4. The Bertz CT molecular complexity index is 1140. The van der Waals surface area contributed by atoms with E-state index in [4.69, 9.17) is 4.74 Å². The number of rotatable bonds is 6. The maximum atomic E-state index is 13.7. The van der Waals surface area contributed by atoms with Gasteiger partial charge in [-0.05, 0) is 50.6 Å². The fourth-order valence-electron chi connectivity index (χ4n) is 3.02. The van der Waals surface area contributed by atoms with Gasteiger partial charge in [0.2, 0.25) is 5.91 Å². The molecule has 8 nitrogen and oxygen atoms in total. The Morgan fingerprint density at radius 1 is 1.09 bits per heavy atom. The second kappa shape index (κ2) is 9.76. The number of nitrogens with zero attached hydrogens (tertiary/aromatic N) is 3. The van der Waals surface area contributed by atoms with Gasteiger partial charge in [-0.1, -0.05) is 6.07 Å². The number of aryl methyl sites for hydroxylation is 1. The van der Waals surface area contributed by atoms with Gasteiger partial charge in [0.25, 0.3) is 0 Å². The van der Waals surface area contributed by atoms with Crippen LogP contribution in [0.15, 0.2) is 48.8 Å². The van der Waals surface area contributed by atoms with Gasteiger partial charge >= 0.3 is 6.09 Å². The number of carbonyl (C=O) groups is 2. The largest absolute Gasteiger partial charge is 0.444 e. The lowest BCUT2D eigenvalue weighted by atomic mass is 10.0. The summed E-state index contributed by atoms with van der Waals surface area (Å²) in [6, 6.07) is 7.42. The van der Waals surface area contributed by atoms with Gasteiger partial charge in [-0.3, -0.25) is 14.5 Å². The summed E-state index contributed by atoms with van der Waals surface area (Å²) in [5, 5.41) is 9.61. The molecule has 0 saturated heterocycles. The summed E-state index contributed by atoms with van der Waals surface area (Å²) >= 11 is 0. The summed E-state index contributed by atoms with van der Waals surface area (Å²) < 4.78 is 33.7. The van der Waals surface area contributed by atoms with Gasteiger partial charge in [-0.25, -0.2) is 13.6 Å². The third-order valence-corrected chi connectivity index (χ3v) is 4.54. The lowest BCUT2D eigenvalue weighted by molar-refractivity contribution is -0.118. The van der Waals surface area contributed by atoms with Crippen LogP contribution in [0.1, 0.15) is 26.3 Å². The van der Waals surface area contributed by atoms with Crippen molar-refractivity contribution in [2.24, 2.45) is 7.05 Å². The minimum absolute atomic E-state index is 0.0860. The summed E-state index contributed by atoms with van der Waals surface area (Å²) in [5.41, 5.74) is 0.973. The summed E-state index contributed by atoms with van der Waals surface area (Å²) in [6.45, 7) is 5.06. The van der Waals surface area contributed by atoms with Crippen molar-refractivity contribution in [2.45, 2.75) is 38.8 Å². The molecule has 174 valence electrons. The number of benzene rings is 1. The molecule has 3 aromatic rings. The quantitative estimate of drug-likeness (QED) is 0.586. The smallest absolute Gasteiger partial charge is 0.408 e. The van der Waals surface area contributed by atoms with Gasteiger partial charge in [-0.15, -0.1) is 0 Å². The number of nitrogens with one attached hydrogen (secondary N) is 2. The van der Waals surface area contributed by atoms with E-state index in [0.29, 0.717) is 17.1 Å². The minimum atomic E-state index is -1.12. The summed E-state index contributed by atoms with van der Waals surface area (Å²) in [5.74, 6) is -2.24. The summed E-state index contributed by atoms with van der Waals surface area (Å²) in [7, 11) is 1.66. The Morgan fingerprint density at radius 2 is 1.79 bits per heavy atom. The Morgan fingerprint density at radius 3 is 2.42 bits per heavy atom. The van der Waals surface area contributed by atoms with Crippen LogP contribution in [-0.4, -0.2) is 38.4 Å². The average Bonchev–Trinajstić information content (AvgIpc) is 3.10. The van der Waals surface area contributed by atoms with Crippen LogP contribution in [0.5, 0.6) is 0 Å². The topological polar surface area (TPSA) is 98.1 Å². The SMILES string of the molecule is Cn1nc(-c2ccncc2)cc1NC(=O)C(Cc1ccc(F)c(F)c1)NC(=O)OC(C)(C)C. The van der Waals surface area contributed by atoms with Gasteiger partial charge in [-0.2, -0.15) is 5.10 Å². The molecule has 0 saturated carbocycles. The normalized spacial score (nSPS) is 12.2. The first-order valence-electron chi connectivity index (χ1n) is 10.2. The molecule has 0 bridgehead atoms. The molecule has 0 aliphatic rings. The van der Waals surface area contributed by atoms with Crippen LogP contribution in [0.25, 0.3) is 11.3 Å². The Hall–Kier alpha value is -3.82. The molecule has 2 aromatic heterocycles. The van der Waals surface area contributed by atoms with E-state index in [1.54, 1.807) is 58.4 Å². The lowest BCUT2D eigenvalue weighted by Crippen LogP contribution is -2.47. The minimum Gasteiger partial charge on any atom is -0.444 e. The van der Waals surface area contributed by atoms with Crippen LogP contribution in [0.3, 0.4) is 0 Å². The van der Waals surface area contributed by atoms with Crippen LogP contribution in [0, 0.1) is 11.6 Å². The first-order valence-corrected chi connectivity index (χ1v) is 10.2. The lowest BCUT2D eigenvalue weighted by Gasteiger charge is -2.23. The molecule has 0 radical (unpaired) electrons. The van der Waals surface area contributed by atoms with Gasteiger partial charge in [0.15, 0.2) is 11.6 Å². The van der Waals surface area contributed by atoms with E-state index in [9.17, 15) is 18.4 Å². The molecule has 0 aliphatic heterocycles. The number of alkyl carbamates (subject to hydrolysis) is 1. The van der Waals surface area contributed by atoms with Crippen LogP contribution in [-0.2, 0) is 23.0 Å². The molecule has 2 N–H and O–H groups in total. The maximum absolute atomic E-state index is 13.7. The second-order valence-electron chi connectivity index (χ2n) is 8.41. The van der Waals surface area contributed by atoms with E-state index in [0.717, 1.165) is 17.7 Å². The van der Waals surface area contributed by atoms with Gasteiger partial charge < -0.3 is 15.4 Å². The monoisotopic (exact) mass is 457 g/mol. The molecule has 0 aliphatic carbocycles. The molecular formula is C23H25F2N5O3. The van der Waals surface area contributed by atoms with E-state index in [2.05, 4.69) is 20.7 Å². The van der Waals surface area contributed by atoms with Crippen LogP contribution in [0.4, 0.5) is 19.4 Å². The molecular weight excluding hydrogens is 432 g/mol. The number of carbonyl (C=O) groups excluding carboxylic acids is 2. The average molecular weight is 457 g/mol. The number of pyridine rings is 1. The van der Waals surface area contributed by atoms with Crippen LogP contribution < -0.4 is 10.6 Å². The maximum Gasteiger partial charge on any atom is 0.408 e. The predicted molar refractivity (Wildman–Crippen MR) is 118 cm³/mol. The number of anilines is 1. The first kappa shape index (κ1) is 23.8. The number of amides is 2. The third kappa shape index (κ3) is 6.58. The molecule has 1 atom stereocenters. The van der Waals surface area contributed by atoms with Crippen molar-refractivity contribution in [3.8, 4) is 11.3 Å². The zero-order chi connectivity index (χ0) is 24.2. The molecule has 2 heterocycles. The zero-order valence-electron chi connectivity index (χ0n) is 18.7. The van der Waals surface area contributed by atoms with Crippen molar-refractivity contribution >= 4 is 17.8 Å². The predicted octanol–water partition coefficient (Wildman–Crippen LogP) is 3.83. The highest BCUT2D eigenvalue weighted by Gasteiger charge is 2.26. The standard InChI is InChI=1S/C23H25F2N5O3/c1-23(2,3)33-22(32)27-19(12-14-5-6-16(24)17(25)11-14)21(31)28-20-13-18(29-30(20)4)15-7-9-26-10-8-15/h5-11,13,19H,12H2,1-4H3,(H,27,32)(H,28,31). The molecule has 10 heteroatoms. The van der Waals surface area contributed by atoms with Gasteiger partial charge in [0.1, 0.15) is 17.5 Å². The van der Waals surface area contributed by atoms with Gasteiger partial charge in [0.05, 0.1) is 5.69 Å². The highest BCUT2D eigenvalue weighted by molar-refractivity contribution is 5.96. The van der Waals surface area contributed by atoms with Crippen molar-refractivity contribution < 1.29 is 23.1 Å². The second-order valence-corrected chi connectivity index (χ2v) is 8.41. The molecule has 1 aromatic carbocycles. The molecule has 2 amide bonds. The highest BCUT2D eigenvalue weighted by Crippen LogP contribution is 2.21. The summed E-state index contributed by atoms with van der Waals surface area (Å²) in [6.07, 6.45) is 2.36. The number of hydrogen-bond acceptors (Lipinski definition) is 5. The molecule has 3 rings (SSSR count). The zero-order valence-corrected chi connectivity index (χ0v) is 18.7. The van der Waals surface area contributed by atoms with E-state index < -0.39 is 35.3 Å². The van der Waals surface area contributed by atoms with Crippen molar-refractivity contribution in [1.29, 1.82) is 0 Å². The van der Waals surface area contributed by atoms with Crippen molar-refractivity contribution in [1.82, 2.24) is 20.1 Å². The van der Waals surface area contributed by atoms with Crippen molar-refractivity contribution in [2.75, 3.05) is 5.32 Å². The van der Waals surface area contributed by atoms with Crippen LogP contribution >= 0.6 is 0 Å². The van der Waals surface area contributed by atoms with Crippen molar-refractivity contribution in [3.63, 3.8) is 0 Å². The highest BCUT2D eigenvalue weighted by atomic mass is 19.2. The fraction of sp³-hybridized carbons (Fsp3) is 0.304. The molecule has 1 unspecified atom stereocenters. The third-order valence-electron chi connectivity index (χ3n) is 4.54. The number of hydrogen-bond donors (Lipinski definition) is 2. The number of ether oxygens (including phenoxy) is 1.